The minimum Gasteiger partial charge on any atom is -0.377 e. The van der Waals surface area contributed by atoms with E-state index in [1.54, 1.807) is 26.8 Å². The lowest BCUT2D eigenvalue weighted by molar-refractivity contribution is -0.219. The molecule has 594 valence electrons. The van der Waals surface area contributed by atoms with Gasteiger partial charge < -0.3 is 64.8 Å². The summed E-state index contributed by atoms with van der Waals surface area (Å²) in [5.74, 6) is -13.1. The summed E-state index contributed by atoms with van der Waals surface area (Å²) in [7, 11) is 11.2. The van der Waals surface area contributed by atoms with Crippen molar-refractivity contribution >= 4 is 70.9 Å². The molecule has 3 aliphatic carbocycles. The average Bonchev–Trinajstić information content (AvgIpc) is 1.43. The maximum Gasteiger partial charge on any atom is 0.397 e. The number of carbonyl (C=O) groups is 12. The first-order valence-corrected chi connectivity index (χ1v) is 37.9. The van der Waals surface area contributed by atoms with Crippen LogP contribution in [0.5, 0.6) is 0 Å². The number of likely N-dealkylation sites (N-methyl/N-ethyl adjacent to an activating group) is 7. The summed E-state index contributed by atoms with van der Waals surface area (Å²) in [6.45, 7) is 15.2. The van der Waals surface area contributed by atoms with Crippen molar-refractivity contribution in [3.63, 3.8) is 0 Å². The van der Waals surface area contributed by atoms with Crippen LogP contribution in [0.1, 0.15) is 184 Å². The van der Waals surface area contributed by atoms with Gasteiger partial charge in [0.1, 0.15) is 72.1 Å². The summed E-state index contributed by atoms with van der Waals surface area (Å²) in [6.07, 6.45) is -5.90. The zero-order chi connectivity index (χ0) is 78.7. The van der Waals surface area contributed by atoms with Crippen LogP contribution in [0.4, 0.5) is 22.0 Å². The zero-order valence-corrected chi connectivity index (χ0v) is 65.2. The Bertz CT molecular complexity index is 3110. The normalized spacial score (nSPS) is 32.0. The van der Waals surface area contributed by atoms with Crippen molar-refractivity contribution < 1.29 is 84.2 Å². The second-order valence-corrected chi connectivity index (χ2v) is 32.5. The van der Waals surface area contributed by atoms with Gasteiger partial charge in [0.05, 0.1) is 25.6 Å². The van der Waals surface area contributed by atoms with Crippen LogP contribution < -0.4 is 16.0 Å². The monoisotopic (exact) mass is 1490 g/mol. The summed E-state index contributed by atoms with van der Waals surface area (Å²) in [5.41, 5.74) is -2.30. The Balaban J connectivity index is 1.48. The number of amides is 12. The molecule has 3 aliphatic heterocycles. The highest BCUT2D eigenvalue weighted by Gasteiger charge is 2.59. The molecule has 6 aliphatic rings. The van der Waals surface area contributed by atoms with Crippen LogP contribution in [0, 0.1) is 40.9 Å². The first-order chi connectivity index (χ1) is 49.0. The number of nitrogens with one attached hydrogen (secondary N) is 3. The molecule has 2 bridgehead atoms. The quantitative estimate of drug-likeness (QED) is 0.132. The molecule has 12 amide bonds. The standard InChI is InChI=1S/C75H121F5N12O13/c1-18-24-53-64(96)82-63(46(7)19-2)71(103)86(13)41-61(95)88(15)54-25-22-21-23-32-91(70(54)102)58(36-47-28-26-45(6)27-29-47)68(100)85(12)40-59(93)81-52(31-30-48-34-50(76)62(51(77)35-48)75(78,79)80)66(98)92-39-49(105-20-3)37-55(92)65(97)83-74(42-73(8,9)43-74)72(104)90(17)56(33-44(4)5)69(101)89(16)57(67(99)84(10)11)38-60(94)87(53)14/h21-22,44-58,62-63H,18-20,23-43H2,1-17H3,(H,81,93)(H,82,96)(H,83,97)/b22-21-/t45?,46-,47?,48?,49+,50?,51?,52-,53-,54-,55-,56-,57-,58-,62?,63-/m0/s1. The Morgan fingerprint density at radius 1 is 0.667 bits per heavy atom. The first-order valence-electron chi connectivity index (χ1n) is 37.9. The molecule has 25 nitrogen and oxygen atoms in total. The van der Waals surface area contributed by atoms with E-state index < -0.39 is 211 Å². The van der Waals surface area contributed by atoms with E-state index in [-0.39, 0.29) is 82.9 Å². The molecule has 2 saturated heterocycles. The second kappa shape index (κ2) is 37.2. The highest BCUT2D eigenvalue weighted by Crippen LogP contribution is 2.50. The molecule has 6 rings (SSSR count). The molecule has 3 saturated carbocycles. The Hall–Kier alpha value is -7.01. The van der Waals surface area contributed by atoms with Crippen molar-refractivity contribution in [2.45, 2.75) is 263 Å². The number of alkyl halides is 5. The van der Waals surface area contributed by atoms with E-state index in [0.717, 1.165) is 40.4 Å². The maximum atomic E-state index is 15.6. The molecular formula is C75H121F5N12O13. The first kappa shape index (κ1) is 86.9. The van der Waals surface area contributed by atoms with Gasteiger partial charge in [-0.2, -0.15) is 13.2 Å². The van der Waals surface area contributed by atoms with Gasteiger partial charge in [-0.05, 0) is 113 Å². The predicted octanol–water partition coefficient (Wildman–Crippen LogP) is 6.05. The predicted molar refractivity (Wildman–Crippen MR) is 383 cm³/mol. The van der Waals surface area contributed by atoms with Crippen molar-refractivity contribution in [1.82, 2.24) is 60.0 Å². The van der Waals surface area contributed by atoms with Gasteiger partial charge >= 0.3 is 6.18 Å². The van der Waals surface area contributed by atoms with Crippen LogP contribution in [0.2, 0.25) is 0 Å². The van der Waals surface area contributed by atoms with Gasteiger partial charge in [0, 0.05) is 82.5 Å². The van der Waals surface area contributed by atoms with E-state index in [1.807, 2.05) is 40.7 Å². The number of fused-ring (bicyclic) bond motifs is 3. The molecule has 0 aromatic rings. The molecule has 3 heterocycles. The molecule has 12 atom stereocenters. The maximum absolute atomic E-state index is 15.6. The average molecular weight is 1490 g/mol. The largest absolute Gasteiger partial charge is 0.397 e. The van der Waals surface area contributed by atoms with Gasteiger partial charge in [0.2, 0.25) is 70.9 Å². The minimum atomic E-state index is -5.18. The number of hydrogen-bond donors (Lipinski definition) is 3. The van der Waals surface area contributed by atoms with E-state index in [0.29, 0.717) is 25.2 Å². The highest BCUT2D eigenvalue weighted by atomic mass is 19.4. The topological polar surface area (TPSA) is 279 Å². The van der Waals surface area contributed by atoms with Crippen molar-refractivity contribution in [2.75, 3.05) is 89.2 Å². The Morgan fingerprint density at radius 2 is 1.29 bits per heavy atom. The van der Waals surface area contributed by atoms with Crippen molar-refractivity contribution in [3.05, 3.63) is 12.2 Å². The molecular weight excluding hydrogens is 1370 g/mol. The molecule has 3 N–H and O–H groups in total. The fourth-order valence-corrected chi connectivity index (χ4v) is 16.6. The van der Waals surface area contributed by atoms with Crippen LogP contribution in [0.3, 0.4) is 0 Å². The number of carbonyl (C=O) groups excluding carboxylic acids is 12. The number of nitrogens with zero attached hydrogens (tertiary/aromatic N) is 9. The van der Waals surface area contributed by atoms with E-state index in [2.05, 4.69) is 22.9 Å². The van der Waals surface area contributed by atoms with Crippen molar-refractivity contribution in [2.24, 2.45) is 40.9 Å². The molecule has 0 radical (unpaired) electrons. The number of rotatable bonds is 14. The van der Waals surface area contributed by atoms with Crippen LogP contribution >= 0.6 is 0 Å². The van der Waals surface area contributed by atoms with Gasteiger partial charge in [0.15, 0.2) is 0 Å². The lowest BCUT2D eigenvalue weighted by atomic mass is 9.58. The van der Waals surface area contributed by atoms with Crippen molar-refractivity contribution in [1.29, 1.82) is 0 Å². The summed E-state index contributed by atoms with van der Waals surface area (Å²) < 4.78 is 79.0. The van der Waals surface area contributed by atoms with E-state index in [1.165, 1.54) is 85.8 Å². The summed E-state index contributed by atoms with van der Waals surface area (Å²) >= 11 is 0. The summed E-state index contributed by atoms with van der Waals surface area (Å²) in [4.78, 5) is 192. The number of hydrogen-bond acceptors (Lipinski definition) is 13. The van der Waals surface area contributed by atoms with Crippen LogP contribution in [-0.2, 0) is 62.3 Å². The number of ether oxygens (including phenoxy) is 1. The molecule has 2 unspecified atom stereocenters. The van der Waals surface area contributed by atoms with E-state index >= 15 is 37.5 Å². The Labute approximate surface area is 617 Å². The fourth-order valence-electron chi connectivity index (χ4n) is 16.6. The van der Waals surface area contributed by atoms with Crippen LogP contribution in [0.25, 0.3) is 0 Å². The fraction of sp³-hybridized carbons (Fsp3) is 0.813. The molecule has 30 heteroatoms. The summed E-state index contributed by atoms with van der Waals surface area (Å²) in [6, 6.07) is -10.7. The van der Waals surface area contributed by atoms with E-state index in [4.69, 9.17) is 4.74 Å². The molecule has 5 fully saturated rings. The molecule has 105 heavy (non-hydrogen) atoms. The zero-order valence-electron chi connectivity index (χ0n) is 65.2. The van der Waals surface area contributed by atoms with Crippen LogP contribution in [-0.4, -0.2) is 283 Å². The minimum absolute atomic E-state index is 0.0117. The SMILES string of the molecule is CCC[C@H]1C(=O)N[C@@H]([C@@H](C)CC)C(=O)N(C)CC(=O)N(C)[C@H]2C/C=C\CCN(C2=O)[C@@H](CC2CCC(C)CC2)C(=O)N(C)CC(=O)N[C@@H](CCC2CC(F)C(C(F)(F)F)C(F)C2)C(=O)N2C[C@H](OCC)C[C@H]2C(=O)NC2(CC(C)(C)C2)C(=O)N(C)[C@@H](CC(C)C)C(=O)N(C)[C@H](C(=O)N(C)C)CC(=O)N1C. The third-order valence-electron chi connectivity index (χ3n) is 22.9. The lowest BCUT2D eigenvalue weighted by Crippen LogP contribution is -2.71. The molecule has 0 aromatic heterocycles. The van der Waals surface area contributed by atoms with Gasteiger partial charge in [-0.25, -0.2) is 8.78 Å². The van der Waals surface area contributed by atoms with Gasteiger partial charge in [0.25, 0.3) is 0 Å². The van der Waals surface area contributed by atoms with Gasteiger partial charge in [-0.3, -0.25) is 57.5 Å². The van der Waals surface area contributed by atoms with Crippen molar-refractivity contribution in [3.8, 4) is 0 Å². The van der Waals surface area contributed by atoms with Gasteiger partial charge in [-0.1, -0.05) is 106 Å². The number of halogens is 5. The smallest absolute Gasteiger partial charge is 0.377 e. The third kappa shape index (κ3) is 21.7. The molecule has 0 aromatic carbocycles. The second-order valence-electron chi connectivity index (χ2n) is 32.5. The van der Waals surface area contributed by atoms with Gasteiger partial charge in [-0.15, -0.1) is 0 Å². The lowest BCUT2D eigenvalue weighted by Gasteiger charge is -2.54. The van der Waals surface area contributed by atoms with Crippen LogP contribution in [0.15, 0.2) is 12.2 Å². The Kier molecular flexibility index (Phi) is 30.8. The molecule has 1 spiro atoms. The van der Waals surface area contributed by atoms with E-state index in [9.17, 15) is 41.9 Å². The third-order valence-corrected chi connectivity index (χ3v) is 22.9. The summed E-state index contributed by atoms with van der Waals surface area (Å²) in [5, 5.41) is 8.57. The Morgan fingerprint density at radius 3 is 1.85 bits per heavy atom. The highest BCUT2D eigenvalue weighted by molar-refractivity contribution is 6.01.